The second-order valence-corrected chi connectivity index (χ2v) is 8.88. The summed E-state index contributed by atoms with van der Waals surface area (Å²) in [5.74, 6) is -0.817. The summed E-state index contributed by atoms with van der Waals surface area (Å²) in [5, 5.41) is 9.19. The Kier molecular flexibility index (Phi) is 5.40. The first-order chi connectivity index (χ1) is 14.3. The maximum Gasteiger partial charge on any atom is 0.357 e. The van der Waals surface area contributed by atoms with Crippen LogP contribution in [0.5, 0.6) is 0 Å². The second kappa shape index (κ2) is 7.87. The van der Waals surface area contributed by atoms with E-state index in [0.29, 0.717) is 12.3 Å². The van der Waals surface area contributed by atoms with Gasteiger partial charge in [-0.2, -0.15) is 0 Å². The van der Waals surface area contributed by atoms with Crippen LogP contribution in [0, 0.1) is 11.3 Å². The van der Waals surface area contributed by atoms with Crippen molar-refractivity contribution in [2.45, 2.75) is 57.7 Å². The second-order valence-electron chi connectivity index (χ2n) is 8.88. The summed E-state index contributed by atoms with van der Waals surface area (Å²) in [5.41, 5.74) is 1.56. The summed E-state index contributed by atoms with van der Waals surface area (Å²) < 4.78 is 16.7. The van der Waals surface area contributed by atoms with E-state index in [2.05, 4.69) is 17.1 Å². The van der Waals surface area contributed by atoms with Crippen LogP contribution in [0.2, 0.25) is 0 Å². The number of rotatable bonds is 7. The molecular formula is C23H27NO6. The van der Waals surface area contributed by atoms with Crippen LogP contribution in [0.3, 0.4) is 0 Å². The minimum atomic E-state index is -1.10. The number of nitrogens with zero attached hydrogens (tertiary/aromatic N) is 1. The quantitative estimate of drug-likeness (QED) is 0.692. The highest BCUT2D eigenvalue weighted by atomic mass is 16.5. The molecule has 4 atom stereocenters. The Hall–Kier alpha value is -2.67. The summed E-state index contributed by atoms with van der Waals surface area (Å²) in [6.45, 7) is 3.78. The van der Waals surface area contributed by atoms with Crippen LogP contribution < -0.4 is 0 Å². The first-order valence-corrected chi connectivity index (χ1v) is 10.3. The molecule has 160 valence electrons. The summed E-state index contributed by atoms with van der Waals surface area (Å²) in [6.07, 6.45) is 4.53. The Balaban J connectivity index is 1.60. The fourth-order valence-corrected chi connectivity index (χ4v) is 4.92. The SMILES string of the molecule is COC(=O)C(C)(C)Cc1ccccc1C[C@@H]1[C@H](c2nc(C(=O)O)co2)[C@H]2CC[C@@H]1O2. The van der Waals surface area contributed by atoms with E-state index in [9.17, 15) is 14.7 Å². The Bertz CT molecular complexity index is 949. The average molecular weight is 413 g/mol. The Morgan fingerprint density at radius 2 is 1.90 bits per heavy atom. The number of fused-ring (bicyclic) bond motifs is 2. The molecular weight excluding hydrogens is 386 g/mol. The number of benzene rings is 1. The highest BCUT2D eigenvalue weighted by molar-refractivity contribution is 5.84. The molecule has 0 radical (unpaired) electrons. The fraction of sp³-hybridized carbons (Fsp3) is 0.522. The molecule has 0 saturated carbocycles. The number of oxazole rings is 1. The predicted octanol–water partition coefficient (Wildman–Crippen LogP) is 3.62. The highest BCUT2D eigenvalue weighted by Gasteiger charge is 2.51. The van der Waals surface area contributed by atoms with Crippen molar-refractivity contribution in [3.05, 3.63) is 53.2 Å². The number of ether oxygens (including phenoxy) is 2. The monoisotopic (exact) mass is 413 g/mol. The molecule has 2 aromatic rings. The summed E-state index contributed by atoms with van der Waals surface area (Å²) in [6, 6.07) is 8.12. The van der Waals surface area contributed by atoms with Crippen molar-refractivity contribution in [2.75, 3.05) is 7.11 Å². The largest absolute Gasteiger partial charge is 0.476 e. The predicted molar refractivity (Wildman–Crippen MR) is 107 cm³/mol. The summed E-state index contributed by atoms with van der Waals surface area (Å²) in [7, 11) is 1.41. The first kappa shape index (κ1) is 20.6. The third-order valence-electron chi connectivity index (χ3n) is 6.40. The van der Waals surface area contributed by atoms with Gasteiger partial charge in [0.1, 0.15) is 6.26 Å². The van der Waals surface area contributed by atoms with Gasteiger partial charge in [-0.15, -0.1) is 0 Å². The van der Waals surface area contributed by atoms with Gasteiger partial charge in [0.05, 0.1) is 30.7 Å². The Labute approximate surface area is 175 Å². The molecule has 0 spiro atoms. The van der Waals surface area contributed by atoms with Crippen LogP contribution >= 0.6 is 0 Å². The smallest absolute Gasteiger partial charge is 0.357 e. The van der Waals surface area contributed by atoms with Crippen LogP contribution in [0.1, 0.15) is 60.1 Å². The zero-order valence-electron chi connectivity index (χ0n) is 17.5. The maximum absolute atomic E-state index is 12.2. The van der Waals surface area contributed by atoms with Crippen molar-refractivity contribution < 1.29 is 28.6 Å². The fourth-order valence-electron chi connectivity index (χ4n) is 4.92. The molecule has 2 fully saturated rings. The minimum absolute atomic E-state index is 0.000956. The van der Waals surface area contributed by atoms with Crippen molar-refractivity contribution in [1.29, 1.82) is 0 Å². The van der Waals surface area contributed by atoms with Gasteiger partial charge in [-0.1, -0.05) is 24.3 Å². The van der Waals surface area contributed by atoms with Gasteiger partial charge in [-0.25, -0.2) is 9.78 Å². The average Bonchev–Trinajstić information content (AvgIpc) is 3.44. The number of carbonyl (C=O) groups excluding carboxylic acids is 1. The van der Waals surface area contributed by atoms with E-state index in [1.807, 2.05) is 26.0 Å². The van der Waals surface area contributed by atoms with E-state index < -0.39 is 11.4 Å². The van der Waals surface area contributed by atoms with Gasteiger partial charge in [0.15, 0.2) is 5.69 Å². The van der Waals surface area contributed by atoms with Crippen LogP contribution in [-0.2, 0) is 27.1 Å². The molecule has 1 aromatic carbocycles. The standard InChI is InChI=1S/C23H27NO6/c1-23(2,22(27)28-3)11-14-7-5-4-6-13(14)10-15-17-8-9-18(30-17)19(15)20-24-16(12-29-20)21(25)26/h4-7,12,15,17-19H,8-11H2,1-3H3,(H,25,26)/t15-,17-,18+,19-/m0/s1. The van der Waals surface area contributed by atoms with Crippen molar-refractivity contribution in [1.82, 2.24) is 4.98 Å². The van der Waals surface area contributed by atoms with E-state index in [-0.39, 0.29) is 35.7 Å². The normalized spacial score (nSPS) is 25.4. The molecule has 2 aliphatic heterocycles. The van der Waals surface area contributed by atoms with Crippen LogP contribution in [0.4, 0.5) is 0 Å². The molecule has 4 rings (SSSR count). The highest BCUT2D eigenvalue weighted by Crippen LogP contribution is 2.50. The molecule has 2 aliphatic rings. The molecule has 2 bridgehead atoms. The van der Waals surface area contributed by atoms with Gasteiger partial charge in [0, 0.05) is 5.92 Å². The van der Waals surface area contributed by atoms with E-state index >= 15 is 0 Å². The number of carboxylic acids is 1. The number of esters is 1. The zero-order valence-corrected chi connectivity index (χ0v) is 17.5. The number of methoxy groups -OCH3 is 1. The van der Waals surface area contributed by atoms with Crippen molar-refractivity contribution in [3.8, 4) is 0 Å². The van der Waals surface area contributed by atoms with Gasteiger partial charge in [0.25, 0.3) is 0 Å². The van der Waals surface area contributed by atoms with Crippen molar-refractivity contribution >= 4 is 11.9 Å². The van der Waals surface area contributed by atoms with Gasteiger partial charge >= 0.3 is 11.9 Å². The van der Waals surface area contributed by atoms with Gasteiger partial charge in [0.2, 0.25) is 5.89 Å². The molecule has 0 amide bonds. The summed E-state index contributed by atoms with van der Waals surface area (Å²) in [4.78, 5) is 27.6. The lowest BCUT2D eigenvalue weighted by Crippen LogP contribution is -2.30. The third-order valence-corrected chi connectivity index (χ3v) is 6.40. The third kappa shape index (κ3) is 3.74. The molecule has 2 saturated heterocycles. The first-order valence-electron chi connectivity index (χ1n) is 10.3. The molecule has 3 heterocycles. The van der Waals surface area contributed by atoms with Gasteiger partial charge < -0.3 is 19.0 Å². The van der Waals surface area contributed by atoms with E-state index in [1.165, 1.54) is 13.4 Å². The van der Waals surface area contributed by atoms with Gasteiger partial charge in [-0.3, -0.25) is 4.79 Å². The minimum Gasteiger partial charge on any atom is -0.476 e. The van der Waals surface area contributed by atoms with E-state index in [1.54, 1.807) is 0 Å². The molecule has 1 N–H and O–H groups in total. The van der Waals surface area contributed by atoms with E-state index in [4.69, 9.17) is 13.9 Å². The van der Waals surface area contributed by atoms with Crippen molar-refractivity contribution in [3.63, 3.8) is 0 Å². The Morgan fingerprint density at radius 1 is 1.20 bits per heavy atom. The lowest BCUT2D eigenvalue weighted by molar-refractivity contribution is -0.150. The lowest BCUT2D eigenvalue weighted by Gasteiger charge is -2.28. The van der Waals surface area contributed by atoms with Crippen LogP contribution in [0.15, 0.2) is 34.9 Å². The molecule has 0 unspecified atom stereocenters. The number of carboxylic acid groups (broad SMARTS) is 1. The Morgan fingerprint density at radius 3 is 2.57 bits per heavy atom. The zero-order chi connectivity index (χ0) is 21.5. The van der Waals surface area contributed by atoms with Crippen LogP contribution in [0.25, 0.3) is 0 Å². The van der Waals surface area contributed by atoms with Crippen molar-refractivity contribution in [2.24, 2.45) is 11.3 Å². The maximum atomic E-state index is 12.2. The van der Waals surface area contributed by atoms with E-state index in [0.717, 1.165) is 30.4 Å². The molecule has 0 aliphatic carbocycles. The number of aromatic nitrogens is 1. The molecule has 7 nitrogen and oxygen atoms in total. The number of hydrogen-bond acceptors (Lipinski definition) is 6. The van der Waals surface area contributed by atoms with Crippen LogP contribution in [-0.4, -0.2) is 41.3 Å². The summed E-state index contributed by atoms with van der Waals surface area (Å²) >= 11 is 0. The lowest BCUT2D eigenvalue weighted by atomic mass is 9.74. The molecule has 1 aromatic heterocycles. The molecule has 7 heteroatoms. The molecule has 30 heavy (non-hydrogen) atoms. The topological polar surface area (TPSA) is 98.9 Å². The number of hydrogen-bond donors (Lipinski definition) is 1. The number of aromatic carboxylic acids is 1. The number of carbonyl (C=O) groups is 2. The van der Waals surface area contributed by atoms with Gasteiger partial charge in [-0.05, 0) is 50.7 Å².